The van der Waals surface area contributed by atoms with Gasteiger partial charge >= 0.3 is 12.1 Å². The van der Waals surface area contributed by atoms with Crippen molar-refractivity contribution in [1.29, 1.82) is 0 Å². The van der Waals surface area contributed by atoms with E-state index in [1.807, 2.05) is 5.01 Å². The number of carbonyl (C=O) groups excluding carboxylic acids is 1. The Morgan fingerprint density at radius 2 is 1.65 bits per heavy atom. The van der Waals surface area contributed by atoms with Crippen LogP contribution in [0.5, 0.6) is 0 Å². The first-order valence-corrected chi connectivity index (χ1v) is 6.90. The van der Waals surface area contributed by atoms with Gasteiger partial charge in [-0.25, -0.2) is 9.80 Å². The normalized spacial score (nSPS) is 15.3. The molecule has 0 spiro atoms. The first kappa shape index (κ1) is 19.2. The van der Waals surface area contributed by atoms with Crippen molar-refractivity contribution in [3.63, 3.8) is 0 Å². The Bertz CT molecular complexity index is 532. The second-order valence-corrected chi connectivity index (χ2v) is 4.92. The third-order valence-electron chi connectivity index (χ3n) is 2.73. The lowest BCUT2D eigenvalue weighted by Gasteiger charge is -2.27. The number of halogens is 4. The quantitative estimate of drug-likeness (QED) is 0.751. The topological polar surface area (TPSA) is 81.7 Å². The van der Waals surface area contributed by atoms with Gasteiger partial charge in [-0.1, -0.05) is 11.6 Å². The van der Waals surface area contributed by atoms with Gasteiger partial charge in [0.1, 0.15) is 0 Å². The first-order valence-electron chi connectivity index (χ1n) is 6.52. The van der Waals surface area contributed by atoms with Crippen molar-refractivity contribution in [2.75, 3.05) is 26.2 Å². The molecular weight excluding hydrogens is 339 g/mol. The zero-order valence-corrected chi connectivity index (χ0v) is 12.6. The molecule has 3 N–H and O–H groups in total. The Morgan fingerprint density at radius 1 is 1.17 bits per heavy atom. The fourth-order valence-electron chi connectivity index (χ4n) is 1.59. The minimum atomic E-state index is -5.08. The number of aliphatic carboxylic acids is 1. The van der Waals surface area contributed by atoms with E-state index in [0.29, 0.717) is 10.6 Å². The standard InChI is InChI=1S/C11H14ClN3O.C2HF3O2/c12-10-3-1-9(2-4-10)11(16)14-15-7-5-13-6-8-15;3-2(4,5)1(6)7/h1-4,13H,5-8H2,(H,14,16);(H,6,7). The highest BCUT2D eigenvalue weighted by molar-refractivity contribution is 6.30. The van der Waals surface area contributed by atoms with E-state index in [0.717, 1.165) is 26.2 Å². The Labute approximate surface area is 135 Å². The second kappa shape index (κ2) is 8.70. The third kappa shape index (κ3) is 7.31. The van der Waals surface area contributed by atoms with E-state index in [1.54, 1.807) is 24.3 Å². The predicted molar refractivity (Wildman–Crippen MR) is 77.1 cm³/mol. The molecule has 0 unspecified atom stereocenters. The van der Waals surface area contributed by atoms with Crippen LogP contribution in [0.15, 0.2) is 24.3 Å². The minimum absolute atomic E-state index is 0.0847. The van der Waals surface area contributed by atoms with Gasteiger partial charge in [0.2, 0.25) is 0 Å². The molecule has 0 aromatic heterocycles. The van der Waals surface area contributed by atoms with Crippen molar-refractivity contribution in [3.8, 4) is 0 Å². The van der Waals surface area contributed by atoms with Crippen molar-refractivity contribution >= 4 is 23.5 Å². The molecule has 1 saturated heterocycles. The summed E-state index contributed by atoms with van der Waals surface area (Å²) < 4.78 is 31.7. The number of benzene rings is 1. The molecular formula is C13H15ClF3N3O3. The molecule has 0 saturated carbocycles. The molecule has 0 atom stereocenters. The molecule has 6 nitrogen and oxygen atoms in total. The number of amides is 1. The van der Waals surface area contributed by atoms with Crippen molar-refractivity contribution in [2.24, 2.45) is 0 Å². The molecule has 0 aliphatic carbocycles. The number of carbonyl (C=O) groups is 2. The second-order valence-electron chi connectivity index (χ2n) is 4.49. The summed E-state index contributed by atoms with van der Waals surface area (Å²) in [4.78, 5) is 20.7. The number of piperazine rings is 1. The van der Waals surface area contributed by atoms with Gasteiger partial charge in [-0.2, -0.15) is 13.2 Å². The van der Waals surface area contributed by atoms with Gasteiger partial charge in [0, 0.05) is 36.8 Å². The van der Waals surface area contributed by atoms with Gasteiger partial charge in [0.15, 0.2) is 0 Å². The maximum atomic E-state index is 11.8. The van der Waals surface area contributed by atoms with Gasteiger partial charge in [-0.15, -0.1) is 0 Å². The van der Waals surface area contributed by atoms with Crippen LogP contribution < -0.4 is 10.7 Å². The summed E-state index contributed by atoms with van der Waals surface area (Å²) in [6.45, 7) is 3.47. The Kier molecular flexibility index (Phi) is 7.27. The van der Waals surface area contributed by atoms with Crippen molar-refractivity contribution in [2.45, 2.75) is 6.18 Å². The summed E-state index contributed by atoms with van der Waals surface area (Å²) in [5, 5.41) is 12.9. The lowest BCUT2D eigenvalue weighted by Crippen LogP contribution is -2.52. The van der Waals surface area contributed by atoms with Gasteiger partial charge in [0.25, 0.3) is 5.91 Å². The fraction of sp³-hybridized carbons (Fsp3) is 0.385. The van der Waals surface area contributed by atoms with Gasteiger partial charge < -0.3 is 10.4 Å². The van der Waals surface area contributed by atoms with E-state index in [-0.39, 0.29) is 5.91 Å². The van der Waals surface area contributed by atoms with E-state index < -0.39 is 12.1 Å². The van der Waals surface area contributed by atoms with Crippen LogP contribution >= 0.6 is 11.6 Å². The van der Waals surface area contributed by atoms with E-state index in [9.17, 15) is 18.0 Å². The molecule has 128 valence electrons. The highest BCUT2D eigenvalue weighted by atomic mass is 35.5. The molecule has 1 aliphatic rings. The van der Waals surface area contributed by atoms with Crippen molar-refractivity contribution in [1.82, 2.24) is 15.8 Å². The summed E-state index contributed by atoms with van der Waals surface area (Å²) in [5.74, 6) is -2.84. The number of nitrogens with zero attached hydrogens (tertiary/aromatic N) is 1. The van der Waals surface area contributed by atoms with Crippen molar-refractivity contribution in [3.05, 3.63) is 34.9 Å². The van der Waals surface area contributed by atoms with Crippen molar-refractivity contribution < 1.29 is 27.9 Å². The highest BCUT2D eigenvalue weighted by Gasteiger charge is 2.38. The molecule has 1 aromatic rings. The molecule has 1 fully saturated rings. The van der Waals surface area contributed by atoms with Gasteiger partial charge in [0.05, 0.1) is 0 Å². The number of rotatable bonds is 2. The summed E-state index contributed by atoms with van der Waals surface area (Å²) in [6.07, 6.45) is -5.08. The smallest absolute Gasteiger partial charge is 0.475 e. The molecule has 1 aliphatic heterocycles. The maximum Gasteiger partial charge on any atom is 0.490 e. The van der Waals surface area contributed by atoms with E-state index in [1.165, 1.54) is 0 Å². The molecule has 23 heavy (non-hydrogen) atoms. The van der Waals surface area contributed by atoms with E-state index >= 15 is 0 Å². The van der Waals surface area contributed by atoms with Crippen LogP contribution in [0.2, 0.25) is 5.02 Å². The minimum Gasteiger partial charge on any atom is -0.475 e. The van der Waals surface area contributed by atoms with Crippen LogP contribution in [0.1, 0.15) is 10.4 Å². The van der Waals surface area contributed by atoms with Crippen LogP contribution in [0.4, 0.5) is 13.2 Å². The summed E-state index contributed by atoms with van der Waals surface area (Å²) in [6, 6.07) is 6.88. The van der Waals surface area contributed by atoms with E-state index in [2.05, 4.69) is 10.7 Å². The van der Waals surface area contributed by atoms with Crippen LogP contribution in [0.3, 0.4) is 0 Å². The summed E-state index contributed by atoms with van der Waals surface area (Å²) >= 11 is 5.76. The molecule has 10 heteroatoms. The van der Waals surface area contributed by atoms with Gasteiger partial charge in [-0.3, -0.25) is 10.2 Å². The first-order chi connectivity index (χ1) is 10.7. The van der Waals surface area contributed by atoms with Crippen LogP contribution in [-0.2, 0) is 4.79 Å². The average Bonchev–Trinajstić information content (AvgIpc) is 2.48. The highest BCUT2D eigenvalue weighted by Crippen LogP contribution is 2.13. The zero-order valence-electron chi connectivity index (χ0n) is 11.9. The largest absolute Gasteiger partial charge is 0.490 e. The SMILES string of the molecule is O=C(NN1CCNCC1)c1ccc(Cl)cc1.O=C(O)C(F)(F)F. The molecule has 2 rings (SSSR count). The Morgan fingerprint density at radius 3 is 2.09 bits per heavy atom. The zero-order chi connectivity index (χ0) is 17.5. The van der Waals surface area contributed by atoms with Crippen LogP contribution in [0, 0.1) is 0 Å². The molecule has 1 amide bonds. The monoisotopic (exact) mass is 353 g/mol. The maximum absolute atomic E-state index is 11.8. The molecule has 1 heterocycles. The molecule has 1 aromatic carbocycles. The number of hydrazine groups is 1. The average molecular weight is 354 g/mol. The lowest BCUT2D eigenvalue weighted by molar-refractivity contribution is -0.192. The lowest BCUT2D eigenvalue weighted by atomic mass is 10.2. The summed E-state index contributed by atoms with van der Waals surface area (Å²) in [5.41, 5.74) is 3.49. The number of carboxylic acids is 1. The number of alkyl halides is 3. The fourth-order valence-corrected chi connectivity index (χ4v) is 1.71. The number of nitrogens with one attached hydrogen (secondary N) is 2. The number of hydrogen-bond donors (Lipinski definition) is 3. The Hall–Kier alpha value is -1.84. The Balaban J connectivity index is 0.000000322. The predicted octanol–water partition coefficient (Wildman–Crippen LogP) is 1.52. The number of carboxylic acid groups (broad SMARTS) is 1. The molecule has 0 bridgehead atoms. The molecule has 0 radical (unpaired) electrons. The van der Waals surface area contributed by atoms with Crippen LogP contribution in [0.25, 0.3) is 0 Å². The number of hydrogen-bond acceptors (Lipinski definition) is 4. The van der Waals surface area contributed by atoms with Crippen LogP contribution in [-0.4, -0.2) is 54.3 Å². The third-order valence-corrected chi connectivity index (χ3v) is 2.98. The summed E-state index contributed by atoms with van der Waals surface area (Å²) in [7, 11) is 0. The van der Waals surface area contributed by atoms with E-state index in [4.69, 9.17) is 21.5 Å². The van der Waals surface area contributed by atoms with Gasteiger partial charge in [-0.05, 0) is 24.3 Å².